The number of aliphatic hydroxyl groups excluding tert-OH is 24. The fourth-order valence-corrected chi connectivity index (χ4v) is 11.9. The molecule has 10 unspecified atom stereocenters. The molecule has 30 aliphatic heterocycles. The molecule has 512 valence electrons. The zero-order chi connectivity index (χ0) is 64.1. The first-order valence-electron chi connectivity index (χ1n) is 28.1. The Morgan fingerprint density at radius 3 is 0.307 bits per heavy atom. The molecule has 30 heterocycles. The highest BCUT2D eigenvalue weighted by molar-refractivity contribution is 5.02. The summed E-state index contributed by atoms with van der Waals surface area (Å²) >= 11 is 0. The zero-order valence-corrected chi connectivity index (χ0v) is 46.0. The van der Waals surface area contributed by atoms with Gasteiger partial charge in [0, 0.05) is 0 Å². The highest BCUT2D eigenvalue weighted by Crippen LogP contribution is 2.40. The Morgan fingerprint density at radius 1 is 0.136 bits per heavy atom. The molecule has 30 fully saturated rings. The average Bonchev–Trinajstić information content (AvgIpc) is 3.31. The van der Waals surface area contributed by atoms with Gasteiger partial charge in [-0.1, -0.05) is 0 Å². The van der Waals surface area contributed by atoms with Gasteiger partial charge in [0.1, 0.15) is 195 Å². The Kier molecular flexibility index (Phi) is 24.1. The Morgan fingerprint density at radius 2 is 0.227 bits per heavy atom. The van der Waals surface area contributed by atoms with Crippen LogP contribution in [0.15, 0.2) is 0 Å². The van der Waals surface area contributed by atoms with E-state index < -0.39 is 299 Å². The zero-order valence-electron chi connectivity index (χ0n) is 46.0. The molecular weight excluding hydrogens is 1220 g/mol. The van der Waals surface area contributed by atoms with E-state index >= 15 is 0 Å². The van der Waals surface area contributed by atoms with Gasteiger partial charge in [0.05, 0.1) is 52.9 Å². The minimum absolute atomic E-state index is 1.08. The van der Waals surface area contributed by atoms with Gasteiger partial charge in [-0.05, 0) is 0 Å². The second kappa shape index (κ2) is 30.0. The van der Waals surface area contributed by atoms with Gasteiger partial charge in [0.15, 0.2) is 50.3 Å². The summed E-state index contributed by atoms with van der Waals surface area (Å²) in [7, 11) is 0. The van der Waals surface area contributed by atoms with E-state index in [4.69, 9.17) is 75.8 Å². The molecule has 0 amide bonds. The van der Waals surface area contributed by atoms with Crippen LogP contribution in [0.4, 0.5) is 0 Å². The molecule has 30 aliphatic rings. The van der Waals surface area contributed by atoms with Crippen molar-refractivity contribution in [2.75, 3.05) is 52.9 Å². The van der Waals surface area contributed by atoms with Crippen molar-refractivity contribution in [2.24, 2.45) is 0 Å². The first-order valence-corrected chi connectivity index (χ1v) is 28.1. The SMILES string of the molecule is OC[C@H]1OC2O[C@H]3[C@H](O)[C@@H](O)C(O[C@H]4[C@H](O)[C@@H](O)C(O[C@H]5[C@H](O)[C@@H](O)C(O[C@H]6[C@H](O)[C@@H](O)C(O[C@H]7[C@H](O)[C@@H](O)C(O[C@@H]7CO)O[C@H]7C(O)[C@@H](O)C(O[C@H]8[C@H](O)[C@@H](O)C(OC1[C@H](O)[C@H]2O)O[C@@H]8CO)O[C@@H]7CO)O[C@@H]6CO)O[C@@H]5CO)O[C@@H]4CO)O[C@@H]3CO. The van der Waals surface area contributed by atoms with Gasteiger partial charge >= 0.3 is 0 Å². The van der Waals surface area contributed by atoms with E-state index in [-0.39, 0.29) is 0 Å². The molecule has 16 bridgehead atoms. The normalized spacial score (nSPS) is 55.4. The lowest BCUT2D eigenvalue weighted by atomic mass is 9.94. The molecule has 0 aromatic carbocycles. The Labute approximate surface area is 496 Å². The molecule has 40 atom stereocenters. The second-order valence-electron chi connectivity index (χ2n) is 22.5. The quantitative estimate of drug-likeness (QED) is 0.107. The van der Waals surface area contributed by atoms with Crippen molar-refractivity contribution in [3.63, 3.8) is 0 Å². The topological polar surface area (TPSA) is 633 Å². The van der Waals surface area contributed by atoms with Crippen LogP contribution in [0.25, 0.3) is 0 Å². The fourth-order valence-electron chi connectivity index (χ4n) is 11.9. The van der Waals surface area contributed by atoms with Crippen molar-refractivity contribution in [3.8, 4) is 0 Å². The van der Waals surface area contributed by atoms with Crippen molar-refractivity contribution >= 4 is 0 Å². The maximum absolute atomic E-state index is 11.4. The Hall–Kier alpha value is -1.60. The third-order valence-electron chi connectivity index (χ3n) is 16.9. The van der Waals surface area contributed by atoms with Gasteiger partial charge in [-0.2, -0.15) is 0 Å². The summed E-state index contributed by atoms with van der Waals surface area (Å²) < 4.78 is 91.1. The summed E-state index contributed by atoms with van der Waals surface area (Å²) in [5, 5.41) is 265. The summed E-state index contributed by atoms with van der Waals surface area (Å²) in [4.78, 5) is 0. The summed E-state index contributed by atoms with van der Waals surface area (Å²) in [5.41, 5.74) is 0. The average molecular weight is 1300 g/mol. The lowest BCUT2D eigenvalue weighted by Crippen LogP contribution is -2.69. The van der Waals surface area contributed by atoms with Crippen LogP contribution in [-0.2, 0) is 75.8 Å². The van der Waals surface area contributed by atoms with Crippen LogP contribution in [0, 0.1) is 0 Å². The van der Waals surface area contributed by atoms with Gasteiger partial charge in [-0.25, -0.2) is 0 Å². The fraction of sp³-hybridized carbons (Fsp3) is 1.00. The van der Waals surface area contributed by atoms with Crippen LogP contribution < -0.4 is 0 Å². The summed E-state index contributed by atoms with van der Waals surface area (Å²) in [6.07, 6.45) is -82.0. The minimum atomic E-state index is -2.25. The molecule has 40 nitrogen and oxygen atoms in total. The van der Waals surface area contributed by atoms with Crippen LogP contribution in [0.5, 0.6) is 0 Å². The number of hydrogen-bond donors (Lipinski definition) is 24. The van der Waals surface area contributed by atoms with Crippen molar-refractivity contribution in [3.05, 3.63) is 0 Å². The third-order valence-corrected chi connectivity index (χ3v) is 16.9. The molecule has 40 heteroatoms. The maximum Gasteiger partial charge on any atom is 0.187 e. The van der Waals surface area contributed by atoms with Crippen LogP contribution in [-0.4, -0.2) is 421 Å². The van der Waals surface area contributed by atoms with Crippen molar-refractivity contribution in [2.45, 2.75) is 246 Å². The lowest BCUT2D eigenvalue weighted by molar-refractivity contribution is -0.404. The second-order valence-corrected chi connectivity index (χ2v) is 22.5. The molecule has 88 heavy (non-hydrogen) atoms. The van der Waals surface area contributed by atoms with Gasteiger partial charge < -0.3 is 198 Å². The number of hydrogen-bond acceptors (Lipinski definition) is 40. The number of aliphatic hydroxyl groups is 24. The number of rotatable bonds is 8. The van der Waals surface area contributed by atoms with Crippen molar-refractivity contribution in [1.29, 1.82) is 0 Å². The maximum atomic E-state index is 11.4. The van der Waals surface area contributed by atoms with E-state index in [0.29, 0.717) is 0 Å². The van der Waals surface area contributed by atoms with Gasteiger partial charge in [0.25, 0.3) is 0 Å². The van der Waals surface area contributed by atoms with E-state index in [1.165, 1.54) is 0 Å². The molecule has 30 saturated heterocycles. The predicted molar refractivity (Wildman–Crippen MR) is 261 cm³/mol. The van der Waals surface area contributed by atoms with Gasteiger partial charge in [-0.15, -0.1) is 0 Å². The van der Waals surface area contributed by atoms with E-state index in [2.05, 4.69) is 0 Å². The molecule has 0 aromatic rings. The summed E-state index contributed by atoms with van der Waals surface area (Å²) in [6, 6.07) is 0. The standard InChI is InChI=1S/C48H80O40/c49-1-9-33-17(57)25(65)41(73-9)82-34-10(2-50)75-43(27(67)19(34)59)84-36-12(4-52)77-45(29(69)21(36)61)86-38-14(6-54)79-47(31(71)23(38)63)88-40-16(8-56)80-48(32(72)24(40)64)87-39-15(7-55)78-46(30(70)22(39)62)85-37-13(5-53)76-44(28(68)20(37)60)83-35-11(3-51)74-42(81-33)26(66)18(35)58/h9-72H,1-8H2/t9-,10-,11-,12-,13-,14-,15-,16-,17-,18-,19-,20-,21-,22-,23-,24?,25-,26-,27-,28-,29-,30-,31-,32-,33-,34-,35-,36-,37?,38-,39-,40-,41?,42?,43?,44?,45?,46?,47?,48?/m1/s1. The van der Waals surface area contributed by atoms with E-state index in [1.54, 1.807) is 0 Å². The first kappa shape index (κ1) is 70.7. The highest BCUT2D eigenvalue weighted by Gasteiger charge is 2.60. The van der Waals surface area contributed by atoms with E-state index in [9.17, 15) is 123 Å². The molecule has 0 aromatic heterocycles. The Balaban J connectivity index is 0.975. The van der Waals surface area contributed by atoms with Gasteiger partial charge in [-0.3, -0.25) is 0 Å². The molecule has 0 spiro atoms. The van der Waals surface area contributed by atoms with Crippen LogP contribution in [0.3, 0.4) is 0 Å². The van der Waals surface area contributed by atoms with Crippen molar-refractivity contribution in [1.82, 2.24) is 0 Å². The molecule has 24 N–H and O–H groups in total. The predicted octanol–water partition coefficient (Wildman–Crippen LogP) is -17.4. The molecular formula is C48H80O40. The third kappa shape index (κ3) is 13.8. The van der Waals surface area contributed by atoms with Gasteiger partial charge in [0.2, 0.25) is 0 Å². The highest BCUT2D eigenvalue weighted by atomic mass is 16.8. The molecule has 0 aliphatic carbocycles. The van der Waals surface area contributed by atoms with Crippen LogP contribution >= 0.6 is 0 Å². The molecule has 0 saturated carbocycles. The van der Waals surface area contributed by atoms with E-state index in [0.717, 1.165) is 0 Å². The Bertz CT molecular complexity index is 1700. The minimum Gasteiger partial charge on any atom is -0.394 e. The summed E-state index contributed by atoms with van der Waals surface area (Å²) in [6.45, 7) is -8.64. The van der Waals surface area contributed by atoms with E-state index in [1.807, 2.05) is 0 Å². The number of ether oxygens (including phenoxy) is 16. The molecule has 0 radical (unpaired) electrons. The van der Waals surface area contributed by atoms with Crippen molar-refractivity contribution < 1.29 is 198 Å². The molecule has 30 rings (SSSR count). The summed E-state index contributed by atoms with van der Waals surface area (Å²) in [5.74, 6) is 0. The van der Waals surface area contributed by atoms with Crippen LogP contribution in [0.2, 0.25) is 0 Å². The monoisotopic (exact) mass is 1300 g/mol. The first-order chi connectivity index (χ1) is 41.9. The van der Waals surface area contributed by atoms with Crippen LogP contribution in [0.1, 0.15) is 0 Å². The lowest BCUT2D eigenvalue weighted by Gasteiger charge is -2.50. The smallest absolute Gasteiger partial charge is 0.187 e. The largest absolute Gasteiger partial charge is 0.394 e.